The molecule has 4 nitrogen and oxygen atoms in total. The number of hydrogen-bond acceptors (Lipinski definition) is 3. The third kappa shape index (κ3) is 2.55. The van der Waals surface area contributed by atoms with Crippen LogP contribution in [0.1, 0.15) is 6.42 Å². The Kier molecular flexibility index (Phi) is 4.06. The molecule has 114 valence electrons. The summed E-state index contributed by atoms with van der Waals surface area (Å²) < 4.78 is 19.3. The molecule has 0 N–H and O–H groups in total. The van der Waals surface area contributed by atoms with Crippen molar-refractivity contribution in [3.63, 3.8) is 0 Å². The highest BCUT2D eigenvalue weighted by Crippen LogP contribution is 2.37. The van der Waals surface area contributed by atoms with Crippen LogP contribution in [0.4, 0.5) is 21.5 Å². The summed E-state index contributed by atoms with van der Waals surface area (Å²) in [5.74, 6) is -0.335. The minimum absolute atomic E-state index is 0.0341. The Morgan fingerprint density at radius 1 is 1.05 bits per heavy atom. The van der Waals surface area contributed by atoms with E-state index < -0.39 is 0 Å². The van der Waals surface area contributed by atoms with Crippen LogP contribution in [0.3, 0.4) is 0 Å². The maximum Gasteiger partial charge on any atom is 0.230 e. The molecule has 5 heteroatoms. The van der Waals surface area contributed by atoms with Gasteiger partial charge in [0, 0.05) is 20.1 Å². The predicted molar refractivity (Wildman–Crippen MR) is 83.8 cm³/mol. The summed E-state index contributed by atoms with van der Waals surface area (Å²) in [6, 6.07) is 14.1. The summed E-state index contributed by atoms with van der Waals surface area (Å²) in [5.41, 5.74) is 2.01. The molecule has 0 spiro atoms. The van der Waals surface area contributed by atoms with Crippen LogP contribution in [0.5, 0.6) is 0 Å². The average Bonchev–Trinajstić information content (AvgIpc) is 2.67. The molecule has 0 radical (unpaired) electrons. The van der Waals surface area contributed by atoms with Crippen molar-refractivity contribution in [3.05, 3.63) is 54.3 Å². The number of nitrogens with zero attached hydrogens (tertiary/aromatic N) is 2. The van der Waals surface area contributed by atoms with Gasteiger partial charge in [0.1, 0.15) is 12.5 Å². The Labute approximate surface area is 128 Å². The number of anilines is 3. The summed E-state index contributed by atoms with van der Waals surface area (Å²) in [7, 11) is 1.55. The number of benzene rings is 2. The minimum atomic E-state index is -0.301. The number of hydrogen-bond donors (Lipinski definition) is 0. The number of fused-ring (bicyclic) bond motifs is 1. The smallest absolute Gasteiger partial charge is 0.230 e. The quantitative estimate of drug-likeness (QED) is 0.872. The summed E-state index contributed by atoms with van der Waals surface area (Å²) >= 11 is 0. The molecule has 0 bridgehead atoms. The van der Waals surface area contributed by atoms with Crippen LogP contribution in [0.25, 0.3) is 0 Å². The van der Waals surface area contributed by atoms with Crippen molar-refractivity contribution in [2.45, 2.75) is 6.42 Å². The first-order valence-corrected chi connectivity index (χ1v) is 7.13. The van der Waals surface area contributed by atoms with E-state index in [2.05, 4.69) is 0 Å². The highest BCUT2D eigenvalue weighted by Gasteiger charge is 2.27. The van der Waals surface area contributed by atoms with Gasteiger partial charge < -0.3 is 9.64 Å². The summed E-state index contributed by atoms with van der Waals surface area (Å²) in [4.78, 5) is 15.8. The maximum absolute atomic E-state index is 14.2. The number of rotatable bonds is 3. The fraction of sp³-hybridized carbons (Fsp3) is 0.235. The van der Waals surface area contributed by atoms with Crippen LogP contribution in [-0.4, -0.2) is 26.3 Å². The molecule has 0 atom stereocenters. The first-order valence-electron chi connectivity index (χ1n) is 7.13. The molecule has 0 saturated carbocycles. The van der Waals surface area contributed by atoms with Crippen LogP contribution in [0.2, 0.25) is 0 Å². The second-order valence-corrected chi connectivity index (χ2v) is 5.08. The van der Waals surface area contributed by atoms with Crippen molar-refractivity contribution >= 4 is 23.0 Å². The summed E-state index contributed by atoms with van der Waals surface area (Å²) in [6.07, 6.45) is 0.298. The largest absolute Gasteiger partial charge is 0.364 e. The molecule has 1 amide bonds. The van der Waals surface area contributed by atoms with E-state index in [0.717, 1.165) is 11.4 Å². The third-order valence-electron chi connectivity index (χ3n) is 3.72. The molecule has 0 aromatic heterocycles. The Morgan fingerprint density at radius 2 is 1.68 bits per heavy atom. The number of carbonyl (C=O) groups excluding carboxylic acids is 1. The molecule has 0 aliphatic carbocycles. The zero-order chi connectivity index (χ0) is 15.5. The van der Waals surface area contributed by atoms with E-state index in [-0.39, 0.29) is 18.5 Å². The van der Waals surface area contributed by atoms with Crippen LogP contribution < -0.4 is 9.80 Å². The van der Waals surface area contributed by atoms with Crippen molar-refractivity contribution in [1.82, 2.24) is 0 Å². The van der Waals surface area contributed by atoms with E-state index in [1.54, 1.807) is 30.2 Å². The van der Waals surface area contributed by atoms with Gasteiger partial charge in [0.15, 0.2) is 0 Å². The lowest BCUT2D eigenvalue weighted by atomic mass is 10.2. The van der Waals surface area contributed by atoms with Crippen LogP contribution in [-0.2, 0) is 9.53 Å². The molecular formula is C17H17FN2O2. The molecule has 1 aliphatic heterocycles. The fourth-order valence-corrected chi connectivity index (χ4v) is 2.71. The molecule has 1 aliphatic rings. The monoisotopic (exact) mass is 300 g/mol. The number of carbonyl (C=O) groups is 1. The SMILES string of the molecule is COCN1C(=O)CCN(c2ccccc2F)c2ccccc21. The molecule has 0 saturated heterocycles. The highest BCUT2D eigenvalue weighted by molar-refractivity contribution is 5.99. The van der Waals surface area contributed by atoms with Crippen molar-refractivity contribution in [1.29, 1.82) is 0 Å². The first kappa shape index (κ1) is 14.5. The van der Waals surface area contributed by atoms with E-state index in [1.165, 1.54) is 6.07 Å². The van der Waals surface area contributed by atoms with Gasteiger partial charge in [-0.25, -0.2) is 4.39 Å². The predicted octanol–water partition coefficient (Wildman–Crippen LogP) is 3.30. The minimum Gasteiger partial charge on any atom is -0.364 e. The first-order chi connectivity index (χ1) is 10.7. The number of ether oxygens (including phenoxy) is 1. The van der Waals surface area contributed by atoms with Crippen molar-refractivity contribution < 1.29 is 13.9 Å². The van der Waals surface area contributed by atoms with E-state index in [0.29, 0.717) is 18.7 Å². The second kappa shape index (κ2) is 6.15. The van der Waals surface area contributed by atoms with E-state index >= 15 is 0 Å². The van der Waals surface area contributed by atoms with Gasteiger partial charge in [0.2, 0.25) is 5.91 Å². The van der Waals surface area contributed by atoms with Gasteiger partial charge in [-0.15, -0.1) is 0 Å². The van der Waals surface area contributed by atoms with E-state index in [9.17, 15) is 9.18 Å². The van der Waals surface area contributed by atoms with Gasteiger partial charge in [-0.3, -0.25) is 9.69 Å². The summed E-state index contributed by atoms with van der Waals surface area (Å²) in [6.45, 7) is 0.609. The second-order valence-electron chi connectivity index (χ2n) is 5.08. The highest BCUT2D eigenvalue weighted by atomic mass is 19.1. The normalized spacial score (nSPS) is 14.7. The van der Waals surface area contributed by atoms with E-state index in [4.69, 9.17) is 4.74 Å². The lowest BCUT2D eigenvalue weighted by molar-refractivity contribution is -0.119. The third-order valence-corrected chi connectivity index (χ3v) is 3.72. The average molecular weight is 300 g/mol. The molecule has 22 heavy (non-hydrogen) atoms. The molecule has 0 fully saturated rings. The van der Waals surface area contributed by atoms with Crippen molar-refractivity contribution in [2.24, 2.45) is 0 Å². The maximum atomic E-state index is 14.2. The Bertz CT molecular complexity index is 690. The van der Waals surface area contributed by atoms with Gasteiger partial charge in [0.25, 0.3) is 0 Å². The lowest BCUT2D eigenvalue weighted by Crippen LogP contribution is -2.32. The zero-order valence-electron chi connectivity index (χ0n) is 12.3. The molecular weight excluding hydrogens is 283 g/mol. The number of amides is 1. The molecule has 1 heterocycles. The van der Waals surface area contributed by atoms with Gasteiger partial charge >= 0.3 is 0 Å². The van der Waals surface area contributed by atoms with Gasteiger partial charge in [-0.05, 0) is 24.3 Å². The van der Waals surface area contributed by atoms with E-state index in [1.807, 2.05) is 29.2 Å². The Balaban J connectivity index is 2.12. The Hall–Kier alpha value is -2.40. The number of halogens is 1. The van der Waals surface area contributed by atoms with Gasteiger partial charge in [0.05, 0.1) is 17.1 Å². The fourth-order valence-electron chi connectivity index (χ4n) is 2.71. The summed E-state index contributed by atoms with van der Waals surface area (Å²) in [5, 5.41) is 0. The van der Waals surface area contributed by atoms with Crippen LogP contribution in [0.15, 0.2) is 48.5 Å². The standard InChI is InChI=1S/C17H17FN2O2/c1-22-12-20-16-9-5-4-8-15(16)19(11-10-17(20)21)14-7-3-2-6-13(14)18/h2-9H,10-12H2,1H3. The molecule has 2 aromatic carbocycles. The van der Waals surface area contributed by atoms with Crippen molar-refractivity contribution in [2.75, 3.05) is 30.2 Å². The van der Waals surface area contributed by atoms with Crippen molar-refractivity contribution in [3.8, 4) is 0 Å². The van der Waals surface area contributed by atoms with Crippen LogP contribution in [0, 0.1) is 5.82 Å². The van der Waals surface area contributed by atoms with Crippen LogP contribution >= 0.6 is 0 Å². The Morgan fingerprint density at radius 3 is 2.36 bits per heavy atom. The molecule has 0 unspecified atom stereocenters. The topological polar surface area (TPSA) is 32.8 Å². The van der Waals surface area contributed by atoms with Gasteiger partial charge in [-0.2, -0.15) is 0 Å². The number of methoxy groups -OCH3 is 1. The zero-order valence-corrected chi connectivity index (χ0v) is 12.3. The number of para-hydroxylation sites is 3. The molecule has 2 aromatic rings. The molecule has 3 rings (SSSR count). The lowest BCUT2D eigenvalue weighted by Gasteiger charge is -2.26. The van der Waals surface area contributed by atoms with Gasteiger partial charge in [-0.1, -0.05) is 24.3 Å².